The number of nitro groups is 1. The van der Waals surface area contributed by atoms with E-state index in [0.717, 1.165) is 5.56 Å². The number of hydrogen-bond donors (Lipinski definition) is 1. The zero-order valence-electron chi connectivity index (χ0n) is 9.45. The second kappa shape index (κ2) is 5.18. The SMILES string of the molecule is O=[N+]([O-])c1cccc(OCc2ccccc2)c1O. The molecule has 1 N–H and O–H groups in total. The van der Waals surface area contributed by atoms with Crippen LogP contribution in [0.5, 0.6) is 11.5 Å². The Bertz CT molecular complexity index is 554. The summed E-state index contributed by atoms with van der Waals surface area (Å²) in [6, 6.07) is 13.5. The topological polar surface area (TPSA) is 72.6 Å². The number of para-hydroxylation sites is 1. The summed E-state index contributed by atoms with van der Waals surface area (Å²) < 4.78 is 5.36. The van der Waals surface area contributed by atoms with Crippen LogP contribution in [0.15, 0.2) is 48.5 Å². The summed E-state index contributed by atoms with van der Waals surface area (Å²) in [4.78, 5) is 9.99. The van der Waals surface area contributed by atoms with Crippen molar-refractivity contribution < 1.29 is 14.8 Å². The maximum Gasteiger partial charge on any atom is 0.314 e. The van der Waals surface area contributed by atoms with Gasteiger partial charge in [0, 0.05) is 6.07 Å². The van der Waals surface area contributed by atoms with Crippen LogP contribution < -0.4 is 4.74 Å². The highest BCUT2D eigenvalue weighted by Crippen LogP contribution is 2.35. The van der Waals surface area contributed by atoms with Gasteiger partial charge in [0.2, 0.25) is 5.75 Å². The molecule has 0 aliphatic rings. The highest BCUT2D eigenvalue weighted by Gasteiger charge is 2.17. The molecule has 0 aliphatic heterocycles. The molecule has 18 heavy (non-hydrogen) atoms. The number of phenols is 1. The molecule has 0 saturated heterocycles. The summed E-state index contributed by atoms with van der Waals surface area (Å²) in [7, 11) is 0. The van der Waals surface area contributed by atoms with E-state index in [4.69, 9.17) is 4.74 Å². The Morgan fingerprint density at radius 2 is 1.83 bits per heavy atom. The maximum absolute atomic E-state index is 10.6. The van der Waals surface area contributed by atoms with E-state index >= 15 is 0 Å². The fourth-order valence-electron chi connectivity index (χ4n) is 1.51. The summed E-state index contributed by atoms with van der Waals surface area (Å²) in [5.41, 5.74) is 0.559. The van der Waals surface area contributed by atoms with Crippen molar-refractivity contribution in [2.24, 2.45) is 0 Å². The van der Waals surface area contributed by atoms with Crippen molar-refractivity contribution in [3.05, 3.63) is 64.2 Å². The molecule has 5 heteroatoms. The van der Waals surface area contributed by atoms with Gasteiger partial charge in [0.25, 0.3) is 0 Å². The zero-order chi connectivity index (χ0) is 13.0. The van der Waals surface area contributed by atoms with E-state index in [1.165, 1.54) is 18.2 Å². The average molecular weight is 245 g/mol. The first kappa shape index (κ1) is 11.9. The minimum absolute atomic E-state index is 0.105. The van der Waals surface area contributed by atoms with Crippen molar-refractivity contribution in [1.29, 1.82) is 0 Å². The van der Waals surface area contributed by atoms with Crippen LogP contribution >= 0.6 is 0 Å². The third-order valence-electron chi connectivity index (χ3n) is 2.41. The number of phenolic OH excluding ortho intramolecular Hbond substituents is 1. The number of ether oxygens (including phenoxy) is 1. The van der Waals surface area contributed by atoms with Crippen molar-refractivity contribution in [2.75, 3.05) is 0 Å². The molecule has 92 valence electrons. The molecule has 0 radical (unpaired) electrons. The second-order valence-corrected chi connectivity index (χ2v) is 3.66. The van der Waals surface area contributed by atoms with Crippen molar-refractivity contribution in [3.63, 3.8) is 0 Å². The molecule has 0 aliphatic carbocycles. The lowest BCUT2D eigenvalue weighted by atomic mass is 10.2. The van der Waals surface area contributed by atoms with Crippen molar-refractivity contribution in [1.82, 2.24) is 0 Å². The van der Waals surface area contributed by atoms with Gasteiger partial charge in [-0.05, 0) is 11.6 Å². The molecule has 0 aromatic heterocycles. The molecule has 0 amide bonds. The number of hydrogen-bond acceptors (Lipinski definition) is 4. The van der Waals surface area contributed by atoms with E-state index in [9.17, 15) is 15.2 Å². The molecule has 0 atom stereocenters. The van der Waals surface area contributed by atoms with Gasteiger partial charge in [0.05, 0.1) is 4.92 Å². The van der Waals surface area contributed by atoms with Gasteiger partial charge in [-0.2, -0.15) is 0 Å². The smallest absolute Gasteiger partial charge is 0.314 e. The van der Waals surface area contributed by atoms with Crippen molar-refractivity contribution >= 4 is 5.69 Å². The lowest BCUT2D eigenvalue weighted by molar-refractivity contribution is -0.386. The molecule has 2 aromatic carbocycles. The van der Waals surface area contributed by atoms with E-state index in [-0.39, 0.29) is 18.0 Å². The Morgan fingerprint density at radius 3 is 2.50 bits per heavy atom. The molecule has 0 saturated carbocycles. The van der Waals surface area contributed by atoms with Gasteiger partial charge in [0.1, 0.15) is 6.61 Å². The Morgan fingerprint density at radius 1 is 1.11 bits per heavy atom. The molecule has 2 aromatic rings. The van der Waals surface area contributed by atoms with Crippen molar-refractivity contribution in [3.8, 4) is 11.5 Å². The van der Waals surface area contributed by atoms with Crippen LogP contribution in [0.4, 0.5) is 5.69 Å². The molecule has 2 rings (SSSR count). The fraction of sp³-hybridized carbons (Fsp3) is 0.0769. The van der Waals surface area contributed by atoms with Crippen molar-refractivity contribution in [2.45, 2.75) is 6.61 Å². The number of rotatable bonds is 4. The van der Waals surface area contributed by atoms with Gasteiger partial charge in [-0.15, -0.1) is 0 Å². The van der Waals surface area contributed by atoms with Gasteiger partial charge >= 0.3 is 5.69 Å². The van der Waals surface area contributed by atoms with E-state index in [1.54, 1.807) is 0 Å². The Hall–Kier alpha value is -2.56. The maximum atomic E-state index is 10.6. The molecule has 0 heterocycles. The van der Waals surface area contributed by atoms with E-state index in [1.807, 2.05) is 30.3 Å². The number of nitro benzene ring substituents is 1. The molecular formula is C13H11NO4. The lowest BCUT2D eigenvalue weighted by Gasteiger charge is -2.07. The predicted molar refractivity (Wildman–Crippen MR) is 65.5 cm³/mol. The summed E-state index contributed by atoms with van der Waals surface area (Å²) in [5.74, 6) is -0.341. The van der Waals surface area contributed by atoms with Crippen LogP contribution in [0.25, 0.3) is 0 Å². The van der Waals surface area contributed by atoms with Gasteiger partial charge in [-0.3, -0.25) is 10.1 Å². The number of aromatic hydroxyl groups is 1. The normalized spacial score (nSPS) is 10.0. The third-order valence-corrected chi connectivity index (χ3v) is 2.41. The van der Waals surface area contributed by atoms with Crippen LogP contribution in [0.2, 0.25) is 0 Å². The summed E-state index contributed by atoms with van der Waals surface area (Å²) in [6.07, 6.45) is 0. The molecule has 5 nitrogen and oxygen atoms in total. The Balaban J connectivity index is 2.15. The van der Waals surface area contributed by atoms with Crippen LogP contribution in [0.3, 0.4) is 0 Å². The first-order valence-electron chi connectivity index (χ1n) is 5.31. The predicted octanol–water partition coefficient (Wildman–Crippen LogP) is 2.88. The average Bonchev–Trinajstić information content (AvgIpc) is 2.38. The molecule has 0 bridgehead atoms. The Kier molecular flexibility index (Phi) is 3.43. The number of benzene rings is 2. The van der Waals surface area contributed by atoms with E-state index < -0.39 is 10.7 Å². The van der Waals surface area contributed by atoms with Gasteiger partial charge < -0.3 is 9.84 Å². The molecule has 0 unspecified atom stereocenters. The fourth-order valence-corrected chi connectivity index (χ4v) is 1.51. The minimum Gasteiger partial charge on any atom is -0.500 e. The zero-order valence-corrected chi connectivity index (χ0v) is 9.45. The summed E-state index contributed by atoms with van der Waals surface area (Å²) in [5, 5.41) is 20.3. The number of nitrogens with zero attached hydrogens (tertiary/aromatic N) is 1. The van der Waals surface area contributed by atoms with Crippen LogP contribution in [0, 0.1) is 10.1 Å². The first-order chi connectivity index (χ1) is 8.68. The first-order valence-corrected chi connectivity index (χ1v) is 5.31. The van der Waals surface area contributed by atoms with Gasteiger partial charge in [0.15, 0.2) is 5.75 Å². The molecular weight excluding hydrogens is 234 g/mol. The highest BCUT2D eigenvalue weighted by molar-refractivity contribution is 5.54. The molecule has 0 fully saturated rings. The highest BCUT2D eigenvalue weighted by atomic mass is 16.6. The summed E-state index contributed by atoms with van der Waals surface area (Å²) in [6.45, 7) is 0.246. The van der Waals surface area contributed by atoms with E-state index in [0.29, 0.717) is 0 Å². The van der Waals surface area contributed by atoms with Crippen LogP contribution in [-0.2, 0) is 6.61 Å². The third kappa shape index (κ3) is 2.57. The largest absolute Gasteiger partial charge is 0.500 e. The van der Waals surface area contributed by atoms with Gasteiger partial charge in [-0.25, -0.2) is 0 Å². The van der Waals surface area contributed by atoms with Crippen LogP contribution in [-0.4, -0.2) is 10.0 Å². The standard InChI is InChI=1S/C13H11NO4/c15-13-11(14(16)17)7-4-8-12(13)18-9-10-5-2-1-3-6-10/h1-8,15H,9H2. The Labute approximate surface area is 103 Å². The summed E-state index contributed by atoms with van der Waals surface area (Å²) >= 11 is 0. The van der Waals surface area contributed by atoms with Gasteiger partial charge in [-0.1, -0.05) is 36.4 Å². The van der Waals surface area contributed by atoms with Crippen LogP contribution in [0.1, 0.15) is 5.56 Å². The van der Waals surface area contributed by atoms with E-state index in [2.05, 4.69) is 0 Å². The lowest BCUT2D eigenvalue weighted by Crippen LogP contribution is -1.97. The monoisotopic (exact) mass is 245 g/mol. The second-order valence-electron chi connectivity index (χ2n) is 3.66. The molecule has 0 spiro atoms. The minimum atomic E-state index is -0.648. The quantitative estimate of drug-likeness (QED) is 0.664.